The number of nitrogens with two attached hydrogens (primary N) is 1. The van der Waals surface area contributed by atoms with E-state index in [1.54, 1.807) is 11.3 Å². The first-order chi connectivity index (χ1) is 8.20. The molecule has 0 bridgehead atoms. The molecule has 0 aromatic carbocycles. The fraction of sp³-hybridized carbons (Fsp3) is 0.100. The van der Waals surface area contributed by atoms with Crippen LogP contribution in [0.25, 0.3) is 0 Å². The Morgan fingerprint density at radius 1 is 1.29 bits per heavy atom. The van der Waals surface area contributed by atoms with Gasteiger partial charge in [0.1, 0.15) is 0 Å². The average Bonchev–Trinajstić information content (AvgIpc) is 2.81. The Hall–Kier alpha value is -1.73. The minimum atomic E-state index is -0.828. The summed E-state index contributed by atoms with van der Waals surface area (Å²) < 4.78 is 26.4. The molecule has 0 aliphatic rings. The number of hydrazine groups is 1. The van der Waals surface area contributed by atoms with Crippen molar-refractivity contribution in [2.75, 3.05) is 10.7 Å². The Balaban J connectivity index is 2.15. The smallest absolute Gasteiger partial charge is 0.178 e. The summed E-state index contributed by atoms with van der Waals surface area (Å²) in [6.45, 7) is 0.420. The summed E-state index contributed by atoms with van der Waals surface area (Å²) in [6, 6.07) is 2.64. The van der Waals surface area contributed by atoms with Gasteiger partial charge in [0, 0.05) is 12.6 Å². The maximum atomic E-state index is 13.4. The third-order valence-corrected chi connectivity index (χ3v) is 2.84. The molecule has 2 heterocycles. The Morgan fingerprint density at radius 2 is 2.06 bits per heavy atom. The summed E-state index contributed by atoms with van der Waals surface area (Å²) in [4.78, 5) is 3.70. The second kappa shape index (κ2) is 5.07. The van der Waals surface area contributed by atoms with Crippen molar-refractivity contribution in [3.8, 4) is 0 Å². The number of nitrogens with one attached hydrogen (secondary N) is 2. The van der Waals surface area contributed by atoms with Gasteiger partial charge in [-0.3, -0.25) is 0 Å². The number of nitrogen functional groups attached to an aromatic ring is 1. The molecule has 2 aromatic heterocycles. The summed E-state index contributed by atoms with van der Waals surface area (Å²) in [7, 11) is 0. The van der Waals surface area contributed by atoms with Crippen molar-refractivity contribution in [2.24, 2.45) is 5.84 Å². The van der Waals surface area contributed by atoms with Crippen LogP contribution < -0.4 is 16.6 Å². The first-order valence-electron chi connectivity index (χ1n) is 4.78. The van der Waals surface area contributed by atoms with Gasteiger partial charge in [-0.2, -0.15) is 11.3 Å². The van der Waals surface area contributed by atoms with Gasteiger partial charge in [-0.25, -0.2) is 19.6 Å². The highest BCUT2D eigenvalue weighted by Gasteiger charge is 2.10. The molecule has 90 valence electrons. The highest BCUT2D eigenvalue weighted by Crippen LogP contribution is 2.19. The minimum Gasteiger partial charge on any atom is -0.363 e. The van der Waals surface area contributed by atoms with Crippen LogP contribution in [0.15, 0.2) is 22.9 Å². The van der Waals surface area contributed by atoms with E-state index >= 15 is 0 Å². The van der Waals surface area contributed by atoms with Crippen molar-refractivity contribution in [1.29, 1.82) is 0 Å². The number of rotatable bonds is 4. The molecule has 0 saturated carbocycles. The lowest BCUT2D eigenvalue weighted by Gasteiger charge is -2.08. The maximum Gasteiger partial charge on any atom is 0.178 e. The molecule has 0 spiro atoms. The fourth-order valence-electron chi connectivity index (χ4n) is 1.27. The summed E-state index contributed by atoms with van der Waals surface area (Å²) in [5.74, 6) is 3.25. The van der Waals surface area contributed by atoms with Crippen LogP contribution in [-0.2, 0) is 6.54 Å². The summed E-state index contributed by atoms with van der Waals surface area (Å²) >= 11 is 1.54. The van der Waals surface area contributed by atoms with Gasteiger partial charge >= 0.3 is 0 Å². The molecule has 0 aliphatic heterocycles. The van der Waals surface area contributed by atoms with Crippen LogP contribution in [0.3, 0.4) is 0 Å². The molecule has 0 atom stereocenters. The lowest BCUT2D eigenvalue weighted by Crippen LogP contribution is -2.13. The summed E-state index contributed by atoms with van der Waals surface area (Å²) in [6.07, 6.45) is 0. The van der Waals surface area contributed by atoms with Crippen LogP contribution in [0.1, 0.15) is 5.56 Å². The average molecular weight is 256 g/mol. The standard InChI is InChI=1S/C10H10F2N4S/c11-7-3-8(12)10(16-13)15-9(7)14-4-6-1-2-17-5-6/h1-3,5H,4,13H2,(H2,14,15,16). The first-order valence-corrected chi connectivity index (χ1v) is 5.72. The van der Waals surface area contributed by atoms with Gasteiger partial charge in [0.05, 0.1) is 0 Å². The third kappa shape index (κ3) is 2.69. The minimum absolute atomic E-state index is 0.0365. The van der Waals surface area contributed by atoms with Gasteiger partial charge in [0.25, 0.3) is 0 Å². The van der Waals surface area contributed by atoms with Gasteiger partial charge in [-0.05, 0) is 22.4 Å². The second-order valence-electron chi connectivity index (χ2n) is 3.28. The largest absolute Gasteiger partial charge is 0.363 e. The van der Waals surface area contributed by atoms with E-state index in [4.69, 9.17) is 5.84 Å². The number of halogens is 2. The second-order valence-corrected chi connectivity index (χ2v) is 4.06. The van der Waals surface area contributed by atoms with E-state index in [0.717, 1.165) is 11.6 Å². The molecule has 2 rings (SSSR count). The molecule has 2 aromatic rings. The molecule has 0 amide bonds. The maximum absolute atomic E-state index is 13.4. The Kier molecular flexibility index (Phi) is 3.50. The predicted molar refractivity (Wildman–Crippen MR) is 63.6 cm³/mol. The summed E-state index contributed by atoms with van der Waals surface area (Å²) in [5, 5.41) is 6.62. The van der Waals surface area contributed by atoms with Gasteiger partial charge in [-0.15, -0.1) is 0 Å². The number of pyridine rings is 1. The SMILES string of the molecule is NNc1nc(NCc2ccsc2)c(F)cc1F. The van der Waals surface area contributed by atoms with Crippen molar-refractivity contribution in [2.45, 2.75) is 6.54 Å². The van der Waals surface area contributed by atoms with Crippen LogP contribution in [0.4, 0.5) is 20.4 Å². The molecule has 17 heavy (non-hydrogen) atoms. The molecule has 4 nitrogen and oxygen atoms in total. The highest BCUT2D eigenvalue weighted by molar-refractivity contribution is 7.07. The van der Waals surface area contributed by atoms with E-state index in [2.05, 4.69) is 15.7 Å². The number of hydrogen-bond acceptors (Lipinski definition) is 5. The number of anilines is 2. The van der Waals surface area contributed by atoms with Crippen molar-refractivity contribution in [3.63, 3.8) is 0 Å². The molecule has 4 N–H and O–H groups in total. The third-order valence-electron chi connectivity index (χ3n) is 2.11. The molecular formula is C10H10F2N4S. The van der Waals surface area contributed by atoms with E-state index in [1.165, 1.54) is 0 Å². The zero-order valence-corrected chi connectivity index (χ0v) is 9.52. The first kappa shape index (κ1) is 11.7. The van der Waals surface area contributed by atoms with E-state index in [9.17, 15) is 8.78 Å². The molecular weight excluding hydrogens is 246 g/mol. The highest BCUT2D eigenvalue weighted by atomic mass is 32.1. The van der Waals surface area contributed by atoms with Crippen LogP contribution in [0.2, 0.25) is 0 Å². The van der Waals surface area contributed by atoms with Gasteiger partial charge in [-0.1, -0.05) is 0 Å². The summed E-state index contributed by atoms with van der Waals surface area (Å²) in [5.41, 5.74) is 3.07. The van der Waals surface area contributed by atoms with Gasteiger partial charge in [0.15, 0.2) is 23.3 Å². The van der Waals surface area contributed by atoms with E-state index in [1.807, 2.05) is 16.8 Å². The van der Waals surface area contributed by atoms with E-state index in [-0.39, 0.29) is 11.6 Å². The lowest BCUT2D eigenvalue weighted by molar-refractivity contribution is 0.578. The molecule has 0 fully saturated rings. The monoisotopic (exact) mass is 256 g/mol. The van der Waals surface area contributed by atoms with Crippen molar-refractivity contribution in [3.05, 3.63) is 40.1 Å². The van der Waals surface area contributed by atoms with Crippen LogP contribution in [0, 0.1) is 11.6 Å². The van der Waals surface area contributed by atoms with E-state index < -0.39 is 11.6 Å². The molecule has 0 radical (unpaired) electrons. The molecule has 0 saturated heterocycles. The Morgan fingerprint density at radius 3 is 2.71 bits per heavy atom. The quantitative estimate of drug-likeness (QED) is 0.580. The van der Waals surface area contributed by atoms with Gasteiger partial charge < -0.3 is 10.7 Å². The zero-order chi connectivity index (χ0) is 12.3. The van der Waals surface area contributed by atoms with E-state index in [0.29, 0.717) is 6.54 Å². The molecule has 0 unspecified atom stereocenters. The number of nitrogens with zero attached hydrogens (tertiary/aromatic N) is 1. The Bertz CT molecular complexity index is 501. The lowest BCUT2D eigenvalue weighted by atomic mass is 10.3. The number of thiophene rings is 1. The zero-order valence-electron chi connectivity index (χ0n) is 8.71. The number of hydrogen-bond donors (Lipinski definition) is 3. The normalized spacial score (nSPS) is 10.3. The molecule has 0 aliphatic carbocycles. The van der Waals surface area contributed by atoms with Crippen LogP contribution in [-0.4, -0.2) is 4.98 Å². The van der Waals surface area contributed by atoms with Crippen molar-refractivity contribution in [1.82, 2.24) is 4.98 Å². The van der Waals surface area contributed by atoms with Gasteiger partial charge in [0.2, 0.25) is 0 Å². The Labute approximate surface area is 100 Å². The fourth-order valence-corrected chi connectivity index (χ4v) is 1.94. The van der Waals surface area contributed by atoms with Crippen LogP contribution >= 0.6 is 11.3 Å². The predicted octanol–water partition coefficient (Wildman–Crippen LogP) is 2.32. The van der Waals surface area contributed by atoms with Crippen LogP contribution in [0.5, 0.6) is 0 Å². The van der Waals surface area contributed by atoms with Crippen molar-refractivity contribution < 1.29 is 8.78 Å². The number of aromatic nitrogens is 1. The molecule has 7 heteroatoms. The van der Waals surface area contributed by atoms with Crippen molar-refractivity contribution >= 4 is 23.0 Å². The topological polar surface area (TPSA) is 63.0 Å².